The van der Waals surface area contributed by atoms with Crippen molar-refractivity contribution < 1.29 is 23.8 Å². The molecule has 0 fully saturated rings. The number of nitrogens with zero attached hydrogens (tertiary/aromatic N) is 1. The van der Waals surface area contributed by atoms with E-state index in [2.05, 4.69) is 10.3 Å². The molecule has 168 valence electrons. The zero-order chi connectivity index (χ0) is 23.6. The van der Waals surface area contributed by atoms with Crippen molar-refractivity contribution in [3.05, 3.63) is 93.1 Å². The van der Waals surface area contributed by atoms with Crippen LogP contribution in [0, 0.1) is 4.91 Å². The maximum Gasteiger partial charge on any atom is 0.377 e. The second-order valence-corrected chi connectivity index (χ2v) is 7.99. The highest BCUT2D eigenvalue weighted by Crippen LogP contribution is 2.32. The molecule has 9 heteroatoms. The minimum absolute atomic E-state index is 0.101. The van der Waals surface area contributed by atoms with Crippen LogP contribution in [0.15, 0.2) is 71.7 Å². The Morgan fingerprint density at radius 2 is 1.79 bits per heavy atom. The molecule has 0 bridgehead atoms. The van der Waals surface area contributed by atoms with Gasteiger partial charge in [0.05, 0.1) is 4.76 Å². The van der Waals surface area contributed by atoms with E-state index in [9.17, 15) is 19.3 Å². The van der Waals surface area contributed by atoms with Gasteiger partial charge >= 0.3 is 6.23 Å². The Bertz CT molecular complexity index is 1250. The number of nitrogens with one attached hydrogen (secondary N) is 2. The molecular weight excluding hydrogens is 426 g/mol. The summed E-state index contributed by atoms with van der Waals surface area (Å²) in [7, 11) is 0. The number of fused-ring (bicyclic) bond motifs is 1. The molecule has 2 aromatic carbocycles. The number of nitroso groups, excluding NO2 is 1. The molecule has 0 saturated carbocycles. The van der Waals surface area contributed by atoms with E-state index >= 15 is 0 Å². The lowest BCUT2D eigenvalue weighted by Crippen LogP contribution is -2.45. The molecule has 0 aliphatic carbocycles. The van der Waals surface area contributed by atoms with Gasteiger partial charge in [0.1, 0.15) is 23.6 Å². The minimum atomic E-state index is -1.55. The van der Waals surface area contributed by atoms with Gasteiger partial charge in [-0.2, -0.15) is 0 Å². The summed E-state index contributed by atoms with van der Waals surface area (Å²) < 4.78 is 11.6. The lowest BCUT2D eigenvalue weighted by molar-refractivity contribution is -0.541. The van der Waals surface area contributed by atoms with Crippen LogP contribution in [0.4, 0.5) is 11.5 Å². The molecule has 9 nitrogen and oxygen atoms in total. The molecule has 3 aromatic rings. The van der Waals surface area contributed by atoms with E-state index in [0.717, 1.165) is 5.56 Å². The number of hydrogen-bond donors (Lipinski definition) is 2. The molecule has 0 radical (unpaired) electrons. The van der Waals surface area contributed by atoms with Crippen LogP contribution in [0.3, 0.4) is 0 Å². The molecule has 1 atom stereocenters. The van der Waals surface area contributed by atoms with Crippen LogP contribution >= 0.6 is 0 Å². The second-order valence-electron chi connectivity index (χ2n) is 7.99. The Labute approximate surface area is 188 Å². The monoisotopic (exact) mass is 448 g/mol. The van der Waals surface area contributed by atoms with Gasteiger partial charge in [0, 0.05) is 23.2 Å². The number of ketones is 1. The third-order valence-electron chi connectivity index (χ3n) is 5.16. The standard InChI is InChI=1S/C24H21N3O6/c1-24(2,33-22-21(29)16-10-6-7-11-17(16)27(22)31)23(30)26-20-12-18(28)19(13-25-20)32-14-15-8-4-3-5-9-15/h3-13,22H,14H2,1-2H3,(H-,25,26,28,30)/p+1. The lowest BCUT2D eigenvalue weighted by atomic mass is 10.1. The number of ether oxygens (including phenoxy) is 2. The number of carbonyl (C=O) groups is 2. The molecule has 0 spiro atoms. The third kappa shape index (κ3) is 4.58. The van der Waals surface area contributed by atoms with Crippen molar-refractivity contribution >= 4 is 23.2 Å². The van der Waals surface area contributed by atoms with E-state index < -0.39 is 28.9 Å². The fourth-order valence-electron chi connectivity index (χ4n) is 3.33. The summed E-state index contributed by atoms with van der Waals surface area (Å²) in [6.07, 6.45) is -0.124. The molecule has 1 amide bonds. The van der Waals surface area contributed by atoms with Gasteiger partial charge in [0.2, 0.25) is 5.43 Å². The van der Waals surface area contributed by atoms with E-state index in [-0.39, 0.29) is 29.4 Å². The highest BCUT2D eigenvalue weighted by molar-refractivity contribution is 6.04. The molecule has 0 saturated heterocycles. The van der Waals surface area contributed by atoms with Gasteiger partial charge in [-0.3, -0.25) is 19.1 Å². The van der Waals surface area contributed by atoms with E-state index in [0.29, 0.717) is 4.76 Å². The fraction of sp³-hybridized carbons (Fsp3) is 0.208. The zero-order valence-corrected chi connectivity index (χ0v) is 18.0. The van der Waals surface area contributed by atoms with Crippen LogP contribution in [-0.4, -0.2) is 33.3 Å². The number of anilines is 1. The summed E-state index contributed by atoms with van der Waals surface area (Å²) in [6.45, 7) is 3.09. The normalized spacial score (nSPS) is 15.3. The van der Waals surface area contributed by atoms with Crippen molar-refractivity contribution in [1.82, 2.24) is 4.98 Å². The Morgan fingerprint density at radius 3 is 2.48 bits per heavy atom. The smallest absolute Gasteiger partial charge is 0.377 e. The number of benzene rings is 2. The SMILES string of the molecule is CC(C)(OC1C(=O)c2ccccc2[N+]1=O)C(=O)Nc1cc(=O)c(OCc2ccccc2)c[nH]1. The summed E-state index contributed by atoms with van der Waals surface area (Å²) in [5, 5.41) is 2.54. The zero-order valence-electron chi connectivity index (χ0n) is 18.0. The van der Waals surface area contributed by atoms with Crippen molar-refractivity contribution in [3.8, 4) is 5.75 Å². The van der Waals surface area contributed by atoms with Crippen LogP contribution in [0.5, 0.6) is 5.75 Å². The number of H-pyrrole nitrogens is 1. The van der Waals surface area contributed by atoms with Crippen LogP contribution in [0.1, 0.15) is 29.8 Å². The van der Waals surface area contributed by atoms with Crippen molar-refractivity contribution in [1.29, 1.82) is 0 Å². The quantitative estimate of drug-likeness (QED) is 0.536. The molecule has 4 rings (SSSR count). The highest BCUT2D eigenvalue weighted by atomic mass is 16.6. The first kappa shape index (κ1) is 22.1. The van der Waals surface area contributed by atoms with Gasteiger partial charge in [0.15, 0.2) is 5.75 Å². The van der Waals surface area contributed by atoms with E-state index in [1.54, 1.807) is 12.1 Å². The van der Waals surface area contributed by atoms with Crippen LogP contribution in [0.2, 0.25) is 0 Å². The van der Waals surface area contributed by atoms with E-state index in [4.69, 9.17) is 9.47 Å². The molecular formula is C24H22N3O6+. The fourth-order valence-corrected chi connectivity index (χ4v) is 3.33. The van der Waals surface area contributed by atoms with E-state index in [1.165, 1.54) is 38.2 Å². The van der Waals surface area contributed by atoms with Crippen LogP contribution in [0.25, 0.3) is 0 Å². The lowest BCUT2D eigenvalue weighted by Gasteiger charge is -2.23. The predicted molar refractivity (Wildman–Crippen MR) is 119 cm³/mol. The maximum atomic E-state index is 12.8. The first-order valence-corrected chi connectivity index (χ1v) is 10.2. The second kappa shape index (κ2) is 8.79. The van der Waals surface area contributed by atoms with Gasteiger partial charge in [-0.05, 0) is 25.5 Å². The number of carbonyl (C=O) groups excluding carboxylic acids is 2. The van der Waals surface area contributed by atoms with Crippen molar-refractivity contribution in [2.45, 2.75) is 32.3 Å². The Hall–Kier alpha value is -4.11. The average Bonchev–Trinajstić information content (AvgIpc) is 3.04. The molecule has 2 N–H and O–H groups in total. The van der Waals surface area contributed by atoms with Gasteiger partial charge < -0.3 is 15.0 Å². The summed E-state index contributed by atoms with van der Waals surface area (Å²) in [4.78, 5) is 53.0. The molecule has 1 unspecified atom stereocenters. The number of amides is 1. The average molecular weight is 448 g/mol. The summed E-state index contributed by atoms with van der Waals surface area (Å²) in [6, 6.07) is 16.9. The van der Waals surface area contributed by atoms with Gasteiger partial charge in [-0.15, -0.1) is 0 Å². The highest BCUT2D eigenvalue weighted by Gasteiger charge is 2.51. The number of rotatable bonds is 7. The summed E-state index contributed by atoms with van der Waals surface area (Å²) >= 11 is 0. The largest absolute Gasteiger partial charge is 0.483 e. The van der Waals surface area contributed by atoms with Crippen LogP contribution < -0.4 is 15.5 Å². The molecule has 1 aliphatic rings. The summed E-state index contributed by atoms with van der Waals surface area (Å²) in [5.74, 6) is -0.944. The van der Waals surface area contributed by atoms with Gasteiger partial charge in [-0.1, -0.05) is 42.5 Å². The number of Topliss-reactive ketones (excluding diaryl/α,β-unsaturated/α-hetero) is 1. The van der Waals surface area contributed by atoms with Crippen molar-refractivity contribution in [2.75, 3.05) is 5.32 Å². The Kier molecular flexibility index (Phi) is 5.89. The Morgan fingerprint density at radius 1 is 1.09 bits per heavy atom. The van der Waals surface area contributed by atoms with Crippen molar-refractivity contribution in [2.24, 2.45) is 0 Å². The van der Waals surface area contributed by atoms with Gasteiger partial charge in [0.25, 0.3) is 17.4 Å². The molecule has 2 heterocycles. The number of aromatic nitrogens is 1. The van der Waals surface area contributed by atoms with Crippen molar-refractivity contribution in [3.63, 3.8) is 0 Å². The van der Waals surface area contributed by atoms with Gasteiger partial charge in [-0.25, -0.2) is 0 Å². The van der Waals surface area contributed by atoms with E-state index in [1.807, 2.05) is 30.3 Å². The minimum Gasteiger partial charge on any atom is -0.483 e. The number of pyridine rings is 1. The number of aromatic amines is 1. The first-order valence-electron chi connectivity index (χ1n) is 10.2. The first-order chi connectivity index (χ1) is 15.8. The molecule has 33 heavy (non-hydrogen) atoms. The number of para-hydroxylation sites is 1. The Balaban J connectivity index is 1.41. The molecule has 1 aromatic heterocycles. The summed E-state index contributed by atoms with van der Waals surface area (Å²) in [5.41, 5.74) is -0.636. The third-order valence-corrected chi connectivity index (χ3v) is 5.16. The molecule has 1 aliphatic heterocycles. The number of hydrogen-bond acceptors (Lipinski definition) is 6. The predicted octanol–water partition coefficient (Wildman–Crippen LogP) is 3.32. The maximum absolute atomic E-state index is 12.8. The van der Waals surface area contributed by atoms with Crippen LogP contribution in [-0.2, 0) is 16.1 Å². The topological polar surface area (TPSA) is 118 Å².